The van der Waals surface area contributed by atoms with Crippen LogP contribution in [-0.2, 0) is 16.2 Å². The van der Waals surface area contributed by atoms with Crippen LogP contribution < -0.4 is 19.7 Å². The minimum Gasteiger partial charge on any atom is -0.490 e. The van der Waals surface area contributed by atoms with Crippen LogP contribution in [-0.4, -0.2) is 24.5 Å². The fraction of sp³-hybridized carbons (Fsp3) is 0.179. The van der Waals surface area contributed by atoms with Gasteiger partial charge < -0.3 is 9.47 Å². The fourth-order valence-corrected chi connectivity index (χ4v) is 3.69. The minimum atomic E-state index is -0.784. The first-order valence-corrected chi connectivity index (χ1v) is 11.3. The van der Waals surface area contributed by atoms with Gasteiger partial charge in [0.1, 0.15) is 12.2 Å². The summed E-state index contributed by atoms with van der Waals surface area (Å²) in [4.78, 5) is 38.8. The number of imide groups is 2. The van der Waals surface area contributed by atoms with Gasteiger partial charge in [-0.15, -0.1) is 0 Å². The van der Waals surface area contributed by atoms with E-state index in [4.69, 9.17) is 9.47 Å². The number of benzene rings is 3. The number of nitrogens with one attached hydrogen (secondary N) is 1. The smallest absolute Gasteiger partial charge is 0.335 e. The summed E-state index contributed by atoms with van der Waals surface area (Å²) in [6, 6.07) is 19.0. The number of hydrogen-bond donors (Lipinski definition) is 1. The Morgan fingerprint density at radius 1 is 0.857 bits per heavy atom. The Morgan fingerprint density at radius 2 is 1.63 bits per heavy atom. The van der Waals surface area contributed by atoms with E-state index < -0.39 is 17.8 Å². The molecule has 178 valence electrons. The average Bonchev–Trinajstić information content (AvgIpc) is 2.84. The predicted octanol–water partition coefficient (Wildman–Crippen LogP) is 4.95. The van der Waals surface area contributed by atoms with Gasteiger partial charge in [0.25, 0.3) is 11.8 Å². The molecule has 1 fully saturated rings. The molecule has 1 heterocycles. The van der Waals surface area contributed by atoms with Gasteiger partial charge in [0, 0.05) is 0 Å². The van der Waals surface area contributed by atoms with Gasteiger partial charge in [-0.1, -0.05) is 42.5 Å². The Bertz CT molecular complexity index is 1310. The number of hydrogen-bond acceptors (Lipinski definition) is 5. The first-order chi connectivity index (χ1) is 16.9. The second-order valence-electron chi connectivity index (χ2n) is 8.14. The van der Waals surface area contributed by atoms with Crippen LogP contribution in [0.25, 0.3) is 6.08 Å². The molecule has 0 aromatic heterocycles. The number of anilines is 1. The second kappa shape index (κ2) is 10.3. The first-order valence-electron chi connectivity index (χ1n) is 11.3. The summed E-state index contributed by atoms with van der Waals surface area (Å²) in [5.41, 5.74) is 4.23. The van der Waals surface area contributed by atoms with Crippen molar-refractivity contribution in [2.75, 3.05) is 11.5 Å². The van der Waals surface area contributed by atoms with Crippen molar-refractivity contribution in [3.05, 3.63) is 94.6 Å². The molecule has 7 nitrogen and oxygen atoms in total. The van der Waals surface area contributed by atoms with E-state index in [2.05, 4.69) is 31.3 Å². The highest BCUT2D eigenvalue weighted by Crippen LogP contribution is 2.31. The molecule has 7 heteroatoms. The highest BCUT2D eigenvalue weighted by molar-refractivity contribution is 6.39. The second-order valence-corrected chi connectivity index (χ2v) is 8.14. The largest absolute Gasteiger partial charge is 0.490 e. The van der Waals surface area contributed by atoms with Gasteiger partial charge >= 0.3 is 6.03 Å². The number of barbiturate groups is 1. The average molecular weight is 471 g/mol. The normalized spacial score (nSPS) is 14.8. The van der Waals surface area contributed by atoms with Gasteiger partial charge in [-0.25, -0.2) is 9.69 Å². The maximum Gasteiger partial charge on any atom is 0.335 e. The minimum absolute atomic E-state index is 0.153. The quantitative estimate of drug-likeness (QED) is 0.390. The summed E-state index contributed by atoms with van der Waals surface area (Å²) in [6.07, 6.45) is 1.44. The van der Waals surface area contributed by atoms with Gasteiger partial charge in [-0.05, 0) is 73.4 Å². The highest BCUT2D eigenvalue weighted by atomic mass is 16.5. The van der Waals surface area contributed by atoms with E-state index in [0.717, 1.165) is 10.5 Å². The van der Waals surface area contributed by atoms with Crippen LogP contribution in [0, 0.1) is 13.8 Å². The van der Waals surface area contributed by atoms with Crippen molar-refractivity contribution in [2.45, 2.75) is 27.4 Å². The molecule has 35 heavy (non-hydrogen) atoms. The number of nitrogens with zero attached hydrogens (tertiary/aromatic N) is 1. The molecule has 3 aromatic rings. The van der Waals surface area contributed by atoms with E-state index in [9.17, 15) is 14.4 Å². The zero-order valence-electron chi connectivity index (χ0n) is 19.8. The van der Waals surface area contributed by atoms with Crippen molar-refractivity contribution in [1.29, 1.82) is 0 Å². The van der Waals surface area contributed by atoms with Crippen molar-refractivity contribution < 1.29 is 23.9 Å². The lowest BCUT2D eigenvalue weighted by atomic mass is 10.1. The standard InChI is InChI=1S/C28H26N2O5/c1-4-34-25-16-20(12-13-24(25)35-17-21-11-10-18(2)19(3)14-21)15-23-26(31)29-28(33)30(27(23)32)22-8-6-5-7-9-22/h5-16H,4,17H2,1-3H3,(H,29,31,33)/b23-15+. The van der Waals surface area contributed by atoms with E-state index in [0.29, 0.717) is 36.0 Å². The van der Waals surface area contributed by atoms with Crippen LogP contribution in [0.4, 0.5) is 10.5 Å². The van der Waals surface area contributed by atoms with E-state index in [1.807, 2.05) is 13.0 Å². The Labute approximate surface area is 204 Å². The molecule has 1 N–H and O–H groups in total. The monoisotopic (exact) mass is 470 g/mol. The Balaban J connectivity index is 1.60. The van der Waals surface area contributed by atoms with Gasteiger partial charge in [0.05, 0.1) is 12.3 Å². The van der Waals surface area contributed by atoms with Crippen molar-refractivity contribution in [3.63, 3.8) is 0 Å². The fourth-order valence-electron chi connectivity index (χ4n) is 3.69. The molecule has 3 aromatic carbocycles. The summed E-state index contributed by atoms with van der Waals surface area (Å²) < 4.78 is 11.8. The molecule has 0 spiro atoms. The van der Waals surface area contributed by atoms with Gasteiger partial charge in [0.15, 0.2) is 11.5 Å². The summed E-state index contributed by atoms with van der Waals surface area (Å²) in [6.45, 7) is 6.76. The van der Waals surface area contributed by atoms with Crippen LogP contribution in [0.3, 0.4) is 0 Å². The van der Waals surface area contributed by atoms with E-state index in [-0.39, 0.29) is 5.57 Å². The van der Waals surface area contributed by atoms with E-state index in [1.165, 1.54) is 17.2 Å². The number of para-hydroxylation sites is 1. The van der Waals surface area contributed by atoms with Crippen LogP contribution in [0.2, 0.25) is 0 Å². The third-order valence-corrected chi connectivity index (χ3v) is 5.66. The molecule has 0 radical (unpaired) electrons. The molecule has 0 aliphatic carbocycles. The van der Waals surface area contributed by atoms with Crippen LogP contribution in [0.15, 0.2) is 72.3 Å². The van der Waals surface area contributed by atoms with Gasteiger partial charge in [-0.3, -0.25) is 14.9 Å². The molecule has 0 bridgehead atoms. The number of carbonyl (C=O) groups excluding carboxylic acids is 3. The maximum atomic E-state index is 13.1. The SMILES string of the molecule is CCOc1cc(/C=C2\C(=O)NC(=O)N(c3ccccc3)C2=O)ccc1OCc1ccc(C)c(C)c1. The van der Waals surface area contributed by atoms with Gasteiger partial charge in [-0.2, -0.15) is 0 Å². The summed E-state index contributed by atoms with van der Waals surface area (Å²) >= 11 is 0. The number of ether oxygens (including phenoxy) is 2. The molecule has 0 unspecified atom stereocenters. The molecule has 4 amide bonds. The van der Waals surface area contributed by atoms with E-state index in [1.54, 1.807) is 48.5 Å². The topological polar surface area (TPSA) is 84.9 Å². The Morgan fingerprint density at radius 3 is 2.34 bits per heavy atom. The number of urea groups is 1. The van der Waals surface area contributed by atoms with Crippen molar-refractivity contribution in [1.82, 2.24) is 5.32 Å². The Hall–Kier alpha value is -4.39. The van der Waals surface area contributed by atoms with Crippen molar-refractivity contribution >= 4 is 29.6 Å². The molecular formula is C28H26N2O5. The lowest BCUT2D eigenvalue weighted by Crippen LogP contribution is -2.54. The van der Waals surface area contributed by atoms with E-state index >= 15 is 0 Å². The third-order valence-electron chi connectivity index (χ3n) is 5.66. The molecule has 0 atom stereocenters. The van der Waals surface area contributed by atoms with Crippen molar-refractivity contribution in [2.24, 2.45) is 0 Å². The first kappa shape index (κ1) is 23.8. The zero-order valence-corrected chi connectivity index (χ0v) is 19.8. The molecule has 0 saturated carbocycles. The summed E-state index contributed by atoms with van der Waals surface area (Å²) in [5, 5.41) is 2.23. The predicted molar refractivity (Wildman–Crippen MR) is 133 cm³/mol. The van der Waals surface area contributed by atoms with Crippen LogP contribution in [0.5, 0.6) is 11.5 Å². The highest BCUT2D eigenvalue weighted by Gasteiger charge is 2.36. The third kappa shape index (κ3) is 5.24. The van der Waals surface area contributed by atoms with Crippen molar-refractivity contribution in [3.8, 4) is 11.5 Å². The summed E-state index contributed by atoms with van der Waals surface area (Å²) in [7, 11) is 0. The number of amides is 4. The number of aryl methyl sites for hydroxylation is 2. The van der Waals surface area contributed by atoms with Crippen LogP contribution >= 0.6 is 0 Å². The Kier molecular flexibility index (Phi) is 6.96. The summed E-state index contributed by atoms with van der Waals surface area (Å²) in [5.74, 6) is -0.406. The number of carbonyl (C=O) groups is 3. The molecular weight excluding hydrogens is 444 g/mol. The number of rotatable bonds is 7. The molecule has 1 aliphatic heterocycles. The lowest BCUT2D eigenvalue weighted by molar-refractivity contribution is -0.122. The molecule has 1 saturated heterocycles. The maximum absolute atomic E-state index is 13.1. The van der Waals surface area contributed by atoms with Gasteiger partial charge in [0.2, 0.25) is 0 Å². The molecule has 1 aliphatic rings. The lowest BCUT2D eigenvalue weighted by Gasteiger charge is -2.26. The zero-order chi connectivity index (χ0) is 24.9. The molecule has 4 rings (SSSR count). The van der Waals surface area contributed by atoms with Crippen LogP contribution in [0.1, 0.15) is 29.2 Å².